The quantitative estimate of drug-likeness (QED) is 0.675. The summed E-state index contributed by atoms with van der Waals surface area (Å²) in [5.74, 6) is 0. The number of aldehydes is 1. The monoisotopic (exact) mass is 262 g/mol. The molecule has 0 fully saturated rings. The summed E-state index contributed by atoms with van der Waals surface area (Å²) in [6.07, 6.45) is 2.68. The average molecular weight is 262 g/mol. The summed E-state index contributed by atoms with van der Waals surface area (Å²) in [6.45, 7) is 2.79. The molecule has 3 heterocycles. The summed E-state index contributed by atoms with van der Waals surface area (Å²) in [7, 11) is 0. The second-order valence-corrected chi connectivity index (χ2v) is 5.70. The van der Waals surface area contributed by atoms with E-state index in [2.05, 4.69) is 22.6 Å². The van der Waals surface area contributed by atoms with Crippen LogP contribution in [0.25, 0.3) is 20.0 Å². The molecule has 0 aliphatic rings. The predicted molar refractivity (Wildman–Crippen MR) is 72.0 cm³/mol. The minimum Gasteiger partial charge on any atom is -0.298 e. The zero-order chi connectivity index (χ0) is 11.8. The molecule has 3 aromatic heterocycles. The van der Waals surface area contributed by atoms with Gasteiger partial charge in [0.15, 0.2) is 6.29 Å². The van der Waals surface area contributed by atoms with Crippen molar-refractivity contribution in [2.45, 2.75) is 13.5 Å². The third-order valence-electron chi connectivity index (χ3n) is 2.61. The van der Waals surface area contributed by atoms with Crippen LogP contribution in [-0.4, -0.2) is 16.1 Å². The number of aryl methyl sites for hydroxylation is 1. The minimum atomic E-state index is 0.667. The van der Waals surface area contributed by atoms with E-state index in [4.69, 9.17) is 0 Å². The first-order valence-electron chi connectivity index (χ1n) is 5.32. The number of carbonyl (C=O) groups excluding carboxylic acids is 1. The lowest BCUT2D eigenvalue weighted by Crippen LogP contribution is -1.93. The molecule has 0 aromatic carbocycles. The summed E-state index contributed by atoms with van der Waals surface area (Å²) >= 11 is 3.40. The third-order valence-corrected chi connectivity index (χ3v) is 4.71. The van der Waals surface area contributed by atoms with Gasteiger partial charge >= 0.3 is 0 Å². The maximum atomic E-state index is 11.0. The Morgan fingerprint density at radius 2 is 2.35 bits per heavy atom. The minimum absolute atomic E-state index is 0.667. The molecule has 3 aromatic rings. The molecule has 0 radical (unpaired) electrons. The first-order chi connectivity index (χ1) is 8.31. The molecular formula is C12H10N2OS2. The fourth-order valence-corrected chi connectivity index (χ4v) is 3.87. The van der Waals surface area contributed by atoms with Crippen molar-refractivity contribution in [3.05, 3.63) is 29.3 Å². The molecule has 0 bridgehead atoms. The average Bonchev–Trinajstić information content (AvgIpc) is 3.01. The van der Waals surface area contributed by atoms with E-state index in [-0.39, 0.29) is 0 Å². The van der Waals surface area contributed by atoms with Crippen LogP contribution in [0.2, 0.25) is 0 Å². The highest BCUT2D eigenvalue weighted by atomic mass is 32.1. The fourth-order valence-electron chi connectivity index (χ4n) is 1.76. The Morgan fingerprint density at radius 3 is 3.06 bits per heavy atom. The molecule has 3 nitrogen and oxygen atoms in total. The number of fused-ring (bicyclic) bond motifs is 1. The summed E-state index contributed by atoms with van der Waals surface area (Å²) in [5.41, 5.74) is 1.47. The highest BCUT2D eigenvalue weighted by molar-refractivity contribution is 7.28. The lowest BCUT2D eigenvalue weighted by Gasteiger charge is -1.92. The SMILES string of the molecule is CCn1cc(C=O)c(-c2cc3sccc3s2)n1. The van der Waals surface area contributed by atoms with E-state index in [1.807, 2.05) is 6.92 Å². The molecule has 0 aliphatic carbocycles. The molecule has 0 saturated carbocycles. The molecular weight excluding hydrogens is 252 g/mol. The van der Waals surface area contributed by atoms with Gasteiger partial charge in [-0.25, -0.2) is 0 Å². The summed E-state index contributed by atoms with van der Waals surface area (Å²) in [5, 5.41) is 6.52. The van der Waals surface area contributed by atoms with Crippen molar-refractivity contribution in [3.63, 3.8) is 0 Å². The number of nitrogens with zero attached hydrogens (tertiary/aromatic N) is 2. The number of aromatic nitrogens is 2. The van der Waals surface area contributed by atoms with Crippen LogP contribution in [0.4, 0.5) is 0 Å². The van der Waals surface area contributed by atoms with Crippen LogP contribution in [-0.2, 0) is 6.54 Å². The van der Waals surface area contributed by atoms with Gasteiger partial charge in [-0.15, -0.1) is 22.7 Å². The van der Waals surface area contributed by atoms with Gasteiger partial charge in [0.2, 0.25) is 0 Å². The van der Waals surface area contributed by atoms with Crippen molar-refractivity contribution < 1.29 is 4.79 Å². The van der Waals surface area contributed by atoms with Crippen LogP contribution in [0.5, 0.6) is 0 Å². The molecule has 5 heteroatoms. The van der Waals surface area contributed by atoms with Crippen LogP contribution in [0.15, 0.2) is 23.7 Å². The number of thiophene rings is 2. The van der Waals surface area contributed by atoms with Gasteiger partial charge in [-0.05, 0) is 24.4 Å². The largest absolute Gasteiger partial charge is 0.298 e. The highest BCUT2D eigenvalue weighted by Gasteiger charge is 2.13. The maximum Gasteiger partial charge on any atom is 0.153 e. The van der Waals surface area contributed by atoms with Gasteiger partial charge in [0, 0.05) is 22.1 Å². The summed E-state index contributed by atoms with van der Waals surface area (Å²) in [6, 6.07) is 4.21. The van der Waals surface area contributed by atoms with Gasteiger partial charge in [0.1, 0.15) is 5.69 Å². The van der Waals surface area contributed by atoms with Crippen molar-refractivity contribution in [3.8, 4) is 10.6 Å². The summed E-state index contributed by atoms with van der Waals surface area (Å²) in [4.78, 5) is 12.1. The van der Waals surface area contributed by atoms with Gasteiger partial charge in [-0.1, -0.05) is 0 Å². The van der Waals surface area contributed by atoms with Crippen molar-refractivity contribution in [2.75, 3.05) is 0 Å². The fraction of sp³-hybridized carbons (Fsp3) is 0.167. The normalized spacial score (nSPS) is 11.1. The second kappa shape index (κ2) is 4.09. The standard InChI is InChI=1S/C12H10N2OS2/c1-2-14-6-8(7-15)12(13-14)11-5-10-9(17-11)3-4-16-10/h3-7H,2H2,1H3. The van der Waals surface area contributed by atoms with E-state index in [0.717, 1.165) is 23.4 Å². The van der Waals surface area contributed by atoms with E-state index in [1.54, 1.807) is 33.6 Å². The van der Waals surface area contributed by atoms with Gasteiger partial charge in [0.05, 0.1) is 10.4 Å². The second-order valence-electron chi connectivity index (χ2n) is 3.67. The van der Waals surface area contributed by atoms with Crippen LogP contribution >= 0.6 is 22.7 Å². The topological polar surface area (TPSA) is 34.9 Å². The number of hydrogen-bond donors (Lipinski definition) is 0. The Kier molecular flexibility index (Phi) is 2.57. The van der Waals surface area contributed by atoms with Gasteiger partial charge in [-0.2, -0.15) is 5.10 Å². The van der Waals surface area contributed by atoms with Crippen molar-refractivity contribution in [1.82, 2.24) is 9.78 Å². The van der Waals surface area contributed by atoms with E-state index in [9.17, 15) is 4.79 Å². The molecule has 0 unspecified atom stereocenters. The van der Waals surface area contributed by atoms with Gasteiger partial charge < -0.3 is 0 Å². The van der Waals surface area contributed by atoms with Crippen molar-refractivity contribution in [1.29, 1.82) is 0 Å². The molecule has 3 rings (SSSR count). The van der Waals surface area contributed by atoms with E-state index in [0.29, 0.717) is 5.56 Å². The Bertz CT molecular complexity index is 649. The van der Waals surface area contributed by atoms with Crippen molar-refractivity contribution >= 4 is 38.4 Å². The number of hydrogen-bond acceptors (Lipinski definition) is 4. The third kappa shape index (κ3) is 1.71. The molecule has 0 saturated heterocycles. The molecule has 86 valence electrons. The molecule has 0 N–H and O–H groups in total. The van der Waals surface area contributed by atoms with Gasteiger partial charge in [0.25, 0.3) is 0 Å². The highest BCUT2D eigenvalue weighted by Crippen LogP contribution is 2.36. The van der Waals surface area contributed by atoms with E-state index in [1.165, 1.54) is 9.40 Å². The zero-order valence-corrected chi connectivity index (χ0v) is 10.8. The van der Waals surface area contributed by atoms with Crippen LogP contribution in [0.3, 0.4) is 0 Å². The lowest BCUT2D eigenvalue weighted by atomic mass is 10.2. The molecule has 0 amide bonds. The number of rotatable bonds is 3. The number of carbonyl (C=O) groups is 1. The Morgan fingerprint density at radius 1 is 1.47 bits per heavy atom. The molecule has 0 spiro atoms. The van der Waals surface area contributed by atoms with Crippen LogP contribution in [0, 0.1) is 0 Å². The maximum absolute atomic E-state index is 11.0. The molecule has 0 atom stereocenters. The predicted octanol–water partition coefficient (Wildman–Crippen LogP) is 3.66. The van der Waals surface area contributed by atoms with Crippen molar-refractivity contribution in [2.24, 2.45) is 0 Å². The Hall–Kier alpha value is -1.46. The first-order valence-corrected chi connectivity index (χ1v) is 7.01. The Balaban J connectivity index is 2.17. The van der Waals surface area contributed by atoms with Crippen LogP contribution in [0.1, 0.15) is 17.3 Å². The first kappa shape index (κ1) is 10.7. The van der Waals surface area contributed by atoms with E-state index >= 15 is 0 Å². The summed E-state index contributed by atoms with van der Waals surface area (Å²) < 4.78 is 4.31. The smallest absolute Gasteiger partial charge is 0.153 e. The molecule has 0 aliphatic heterocycles. The van der Waals surface area contributed by atoms with Gasteiger partial charge in [-0.3, -0.25) is 9.48 Å². The Labute approximate surface area is 106 Å². The van der Waals surface area contributed by atoms with E-state index < -0.39 is 0 Å². The molecule has 17 heavy (non-hydrogen) atoms. The zero-order valence-electron chi connectivity index (χ0n) is 9.21. The lowest BCUT2D eigenvalue weighted by molar-refractivity contribution is 0.112. The van der Waals surface area contributed by atoms with Crippen LogP contribution < -0.4 is 0 Å².